The summed E-state index contributed by atoms with van der Waals surface area (Å²) in [5.41, 5.74) is 0. The Kier molecular flexibility index (Phi) is 2.90. The van der Waals surface area contributed by atoms with E-state index in [1.807, 2.05) is 6.26 Å². The van der Waals surface area contributed by atoms with E-state index in [9.17, 15) is 4.79 Å². The molecule has 11 heavy (non-hydrogen) atoms. The molecule has 0 fully saturated rings. The topological polar surface area (TPSA) is 39.2 Å². The Hall–Kier alpha value is -0.550. The van der Waals surface area contributed by atoms with E-state index in [2.05, 4.69) is 9.72 Å². The third-order valence-electron chi connectivity index (χ3n) is 1.05. The molecule has 0 spiro atoms. The van der Waals surface area contributed by atoms with Crippen LogP contribution in [0, 0.1) is 0 Å². The molecule has 0 bridgehead atoms. The molecular formula is C6H7NO2S2. The van der Waals surface area contributed by atoms with Gasteiger partial charge >= 0.3 is 5.97 Å². The second kappa shape index (κ2) is 3.73. The normalized spacial score (nSPS) is 9.64. The number of carbonyl (C=O) groups is 1. The summed E-state index contributed by atoms with van der Waals surface area (Å²) in [6.07, 6.45) is 3.45. The second-order valence-corrected chi connectivity index (χ2v) is 3.77. The third kappa shape index (κ3) is 1.94. The van der Waals surface area contributed by atoms with E-state index in [1.165, 1.54) is 36.4 Å². The first-order valence-corrected chi connectivity index (χ1v) is 4.90. The highest BCUT2D eigenvalue weighted by Gasteiger charge is 2.08. The van der Waals surface area contributed by atoms with E-state index in [0.717, 1.165) is 4.34 Å². The van der Waals surface area contributed by atoms with Gasteiger partial charge in [0.25, 0.3) is 0 Å². The number of rotatable bonds is 2. The van der Waals surface area contributed by atoms with Gasteiger partial charge in [0.05, 0.1) is 13.3 Å². The molecule has 0 aliphatic carbocycles. The van der Waals surface area contributed by atoms with Gasteiger partial charge in [-0.1, -0.05) is 11.8 Å². The lowest BCUT2D eigenvalue weighted by atomic mass is 10.6. The molecule has 1 aromatic heterocycles. The van der Waals surface area contributed by atoms with Crippen LogP contribution in [0.5, 0.6) is 0 Å². The highest BCUT2D eigenvalue weighted by molar-refractivity contribution is 8.00. The van der Waals surface area contributed by atoms with E-state index in [4.69, 9.17) is 0 Å². The Morgan fingerprint density at radius 2 is 2.55 bits per heavy atom. The molecule has 0 saturated heterocycles. The molecule has 0 atom stereocenters. The Morgan fingerprint density at radius 3 is 3.00 bits per heavy atom. The van der Waals surface area contributed by atoms with Gasteiger partial charge in [-0.3, -0.25) is 0 Å². The van der Waals surface area contributed by atoms with Gasteiger partial charge in [0.15, 0.2) is 0 Å². The SMILES string of the molecule is COC(=O)c1cnc(SC)s1. The van der Waals surface area contributed by atoms with E-state index in [0.29, 0.717) is 4.88 Å². The number of ether oxygens (including phenoxy) is 1. The lowest BCUT2D eigenvalue weighted by Crippen LogP contribution is -1.96. The molecule has 0 N–H and O–H groups in total. The van der Waals surface area contributed by atoms with Crippen LogP contribution < -0.4 is 0 Å². The van der Waals surface area contributed by atoms with Crippen LogP contribution in [0.4, 0.5) is 0 Å². The van der Waals surface area contributed by atoms with Crippen LogP contribution in [-0.2, 0) is 4.74 Å². The minimum atomic E-state index is -0.317. The maximum atomic E-state index is 10.9. The second-order valence-electron chi connectivity index (χ2n) is 1.69. The first kappa shape index (κ1) is 8.55. The minimum absolute atomic E-state index is 0.317. The monoisotopic (exact) mass is 189 g/mol. The van der Waals surface area contributed by atoms with Gasteiger partial charge in [0.1, 0.15) is 9.22 Å². The predicted molar refractivity (Wildman–Crippen MR) is 45.2 cm³/mol. The summed E-state index contributed by atoms with van der Waals surface area (Å²) >= 11 is 2.86. The van der Waals surface area contributed by atoms with Crippen LogP contribution in [-0.4, -0.2) is 24.3 Å². The number of carbonyl (C=O) groups excluding carboxylic acids is 1. The number of methoxy groups -OCH3 is 1. The summed E-state index contributed by atoms with van der Waals surface area (Å²) in [6.45, 7) is 0. The fourth-order valence-electron chi connectivity index (χ4n) is 0.547. The minimum Gasteiger partial charge on any atom is -0.465 e. The molecular weight excluding hydrogens is 182 g/mol. The molecule has 0 aliphatic heterocycles. The lowest BCUT2D eigenvalue weighted by Gasteiger charge is -1.90. The maximum Gasteiger partial charge on any atom is 0.349 e. The number of nitrogens with zero attached hydrogens (tertiary/aromatic N) is 1. The summed E-state index contributed by atoms with van der Waals surface area (Å²) in [4.78, 5) is 15.4. The lowest BCUT2D eigenvalue weighted by molar-refractivity contribution is 0.0606. The zero-order valence-corrected chi connectivity index (χ0v) is 7.79. The molecule has 3 nitrogen and oxygen atoms in total. The maximum absolute atomic E-state index is 10.9. The van der Waals surface area contributed by atoms with Gasteiger partial charge in [-0.2, -0.15) is 0 Å². The first-order valence-electron chi connectivity index (χ1n) is 2.86. The highest BCUT2D eigenvalue weighted by atomic mass is 32.2. The summed E-state index contributed by atoms with van der Waals surface area (Å²) in [5, 5.41) is 0. The number of aromatic nitrogens is 1. The van der Waals surface area contributed by atoms with Gasteiger partial charge < -0.3 is 4.74 Å². The van der Waals surface area contributed by atoms with Crippen molar-refractivity contribution in [3.8, 4) is 0 Å². The molecule has 1 heterocycles. The van der Waals surface area contributed by atoms with Gasteiger partial charge in [-0.25, -0.2) is 9.78 Å². The molecule has 1 aromatic rings. The third-order valence-corrected chi connectivity index (χ3v) is 3.02. The Balaban J connectivity index is 2.80. The Bertz CT molecular complexity index is 259. The molecule has 0 radical (unpaired) electrons. The van der Waals surface area contributed by atoms with Gasteiger partial charge in [-0.05, 0) is 6.26 Å². The number of hydrogen-bond donors (Lipinski definition) is 0. The van der Waals surface area contributed by atoms with Crippen molar-refractivity contribution in [1.29, 1.82) is 0 Å². The van der Waals surface area contributed by atoms with E-state index in [-0.39, 0.29) is 5.97 Å². The van der Waals surface area contributed by atoms with Gasteiger partial charge in [0.2, 0.25) is 0 Å². The number of hydrogen-bond acceptors (Lipinski definition) is 5. The number of esters is 1. The molecule has 5 heteroatoms. The predicted octanol–water partition coefficient (Wildman–Crippen LogP) is 1.65. The smallest absolute Gasteiger partial charge is 0.349 e. The molecule has 0 aliphatic rings. The molecule has 0 amide bonds. The van der Waals surface area contributed by atoms with Crippen molar-refractivity contribution >= 4 is 29.1 Å². The van der Waals surface area contributed by atoms with Crippen LogP contribution in [0.2, 0.25) is 0 Å². The van der Waals surface area contributed by atoms with Crippen LogP contribution in [0.25, 0.3) is 0 Å². The quantitative estimate of drug-likeness (QED) is 0.524. The van der Waals surface area contributed by atoms with Crippen molar-refractivity contribution in [1.82, 2.24) is 4.98 Å². The largest absolute Gasteiger partial charge is 0.465 e. The van der Waals surface area contributed by atoms with Crippen molar-refractivity contribution in [3.63, 3.8) is 0 Å². The Labute approximate surface area is 72.8 Å². The number of thiazole rings is 1. The van der Waals surface area contributed by atoms with Crippen LogP contribution >= 0.6 is 23.1 Å². The number of thioether (sulfide) groups is 1. The molecule has 60 valence electrons. The van der Waals surface area contributed by atoms with Crippen molar-refractivity contribution in [2.45, 2.75) is 4.34 Å². The van der Waals surface area contributed by atoms with E-state index < -0.39 is 0 Å². The van der Waals surface area contributed by atoms with Crippen LogP contribution in [0.3, 0.4) is 0 Å². The summed E-state index contributed by atoms with van der Waals surface area (Å²) in [7, 11) is 1.36. The molecule has 1 rings (SSSR count). The average molecular weight is 189 g/mol. The van der Waals surface area contributed by atoms with Crippen molar-refractivity contribution in [2.75, 3.05) is 13.4 Å². The van der Waals surface area contributed by atoms with Gasteiger partial charge in [0, 0.05) is 0 Å². The Morgan fingerprint density at radius 1 is 1.82 bits per heavy atom. The van der Waals surface area contributed by atoms with Crippen molar-refractivity contribution in [2.24, 2.45) is 0 Å². The zero-order valence-electron chi connectivity index (χ0n) is 6.16. The molecule has 0 saturated carbocycles. The first-order chi connectivity index (χ1) is 5.27. The highest BCUT2D eigenvalue weighted by Crippen LogP contribution is 2.21. The van der Waals surface area contributed by atoms with E-state index >= 15 is 0 Å². The van der Waals surface area contributed by atoms with Gasteiger partial charge in [-0.15, -0.1) is 11.3 Å². The molecule has 0 aromatic carbocycles. The van der Waals surface area contributed by atoms with Crippen LogP contribution in [0.15, 0.2) is 10.5 Å². The zero-order chi connectivity index (χ0) is 8.27. The van der Waals surface area contributed by atoms with E-state index in [1.54, 1.807) is 0 Å². The van der Waals surface area contributed by atoms with Crippen molar-refractivity contribution < 1.29 is 9.53 Å². The van der Waals surface area contributed by atoms with Crippen molar-refractivity contribution in [3.05, 3.63) is 11.1 Å². The van der Waals surface area contributed by atoms with Crippen LogP contribution in [0.1, 0.15) is 9.67 Å². The molecule has 0 unspecified atom stereocenters. The summed E-state index contributed by atoms with van der Waals surface area (Å²) in [6, 6.07) is 0. The summed E-state index contributed by atoms with van der Waals surface area (Å²) in [5.74, 6) is -0.317. The fraction of sp³-hybridized carbons (Fsp3) is 0.333. The standard InChI is InChI=1S/C6H7NO2S2/c1-9-5(8)4-3-7-6(10-2)11-4/h3H,1-2H3. The average Bonchev–Trinajstić information content (AvgIpc) is 2.50. The fourth-order valence-corrected chi connectivity index (χ4v) is 1.87. The summed E-state index contributed by atoms with van der Waals surface area (Å²) < 4.78 is 5.40.